The molecule has 0 spiro atoms. The van der Waals surface area contributed by atoms with Crippen LogP contribution >= 0.6 is 0 Å². The topological polar surface area (TPSA) is 34.1 Å². The number of rotatable bonds is 1. The number of hydrogen-bond acceptors (Lipinski definition) is 2. The Bertz CT molecular complexity index is 244. The molecule has 1 rings (SSSR count). The van der Waals surface area contributed by atoms with Crippen LogP contribution in [0.5, 0.6) is 0 Å². The molecule has 0 radical (unpaired) electrons. The van der Waals surface area contributed by atoms with Crippen molar-refractivity contribution in [1.29, 1.82) is 0 Å². The van der Waals surface area contributed by atoms with Crippen LogP contribution in [0.25, 0.3) is 0 Å². The van der Waals surface area contributed by atoms with E-state index in [1.54, 1.807) is 0 Å². The molecule has 0 N–H and O–H groups in total. The highest BCUT2D eigenvalue weighted by atomic mass is 32.2. The quantitative estimate of drug-likeness (QED) is 0.578. The first-order chi connectivity index (χ1) is 4.70. The minimum absolute atomic E-state index is 0.176. The molecule has 0 aromatic rings. The monoisotopic (exact) mass is 162 g/mol. The summed E-state index contributed by atoms with van der Waals surface area (Å²) in [4.78, 5) is 0.212. The molecule has 1 aliphatic carbocycles. The van der Waals surface area contributed by atoms with E-state index in [1.165, 1.54) is 18.2 Å². The molecule has 0 amide bonds. The normalized spacial score (nSPS) is 25.0. The Labute approximate surface area is 60.0 Å². The zero-order valence-corrected chi connectivity index (χ0v) is 6.05. The van der Waals surface area contributed by atoms with Crippen LogP contribution in [0.15, 0.2) is 23.1 Å². The molecular weight excluding hydrogens is 155 g/mol. The molecular formula is C6H7FO2S. The second-order valence-corrected chi connectivity index (χ2v) is 3.03. The third-order valence-corrected chi connectivity index (χ3v) is 1.99. The van der Waals surface area contributed by atoms with Crippen molar-refractivity contribution in [2.45, 2.75) is 12.6 Å². The lowest BCUT2D eigenvalue weighted by Crippen LogP contribution is -1.98. The van der Waals surface area contributed by atoms with Gasteiger partial charge in [-0.1, -0.05) is 6.08 Å². The third-order valence-electron chi connectivity index (χ3n) is 1.24. The minimum Gasteiger partial charge on any atom is -0.243 e. The number of hydrogen-bond donors (Lipinski definition) is 1. The van der Waals surface area contributed by atoms with Crippen LogP contribution in [0.3, 0.4) is 0 Å². The fourth-order valence-electron chi connectivity index (χ4n) is 0.718. The Morgan fingerprint density at radius 3 is 2.70 bits per heavy atom. The van der Waals surface area contributed by atoms with Crippen molar-refractivity contribution in [2.24, 2.45) is 0 Å². The number of alkyl halides is 1. The molecule has 0 aromatic heterocycles. The van der Waals surface area contributed by atoms with Gasteiger partial charge in [0.25, 0.3) is 0 Å². The standard InChI is InChI=1S/C6H7FO2S/c7-5-1-3-6(4-2-5)10(8)9/h1,3-5,10H,2H2. The van der Waals surface area contributed by atoms with Gasteiger partial charge in [-0.15, -0.1) is 0 Å². The smallest absolute Gasteiger partial charge is 0.167 e. The lowest BCUT2D eigenvalue weighted by Gasteiger charge is -2.03. The molecule has 1 aliphatic rings. The van der Waals surface area contributed by atoms with E-state index in [2.05, 4.69) is 0 Å². The molecule has 0 aliphatic heterocycles. The van der Waals surface area contributed by atoms with Gasteiger partial charge >= 0.3 is 0 Å². The molecule has 56 valence electrons. The van der Waals surface area contributed by atoms with Crippen LogP contribution in [0.1, 0.15) is 6.42 Å². The Hall–Kier alpha value is -0.640. The average molecular weight is 162 g/mol. The van der Waals surface area contributed by atoms with Gasteiger partial charge < -0.3 is 0 Å². The highest BCUT2D eigenvalue weighted by Crippen LogP contribution is 2.12. The Morgan fingerprint density at radius 2 is 2.30 bits per heavy atom. The van der Waals surface area contributed by atoms with Crippen LogP contribution in [0.2, 0.25) is 0 Å². The van der Waals surface area contributed by atoms with Gasteiger partial charge in [0.2, 0.25) is 0 Å². The summed E-state index contributed by atoms with van der Waals surface area (Å²) < 4.78 is 32.8. The summed E-state index contributed by atoms with van der Waals surface area (Å²) in [6, 6.07) is 0. The predicted molar refractivity (Wildman–Crippen MR) is 37.1 cm³/mol. The van der Waals surface area contributed by atoms with Crippen molar-refractivity contribution in [3.05, 3.63) is 23.1 Å². The Kier molecular flexibility index (Phi) is 2.21. The Balaban J connectivity index is 2.77. The lowest BCUT2D eigenvalue weighted by atomic mass is 10.2. The van der Waals surface area contributed by atoms with Crippen molar-refractivity contribution in [2.75, 3.05) is 0 Å². The Morgan fingerprint density at radius 1 is 1.60 bits per heavy atom. The fourth-order valence-corrected chi connectivity index (χ4v) is 1.18. The van der Waals surface area contributed by atoms with Gasteiger partial charge in [-0.3, -0.25) is 0 Å². The van der Waals surface area contributed by atoms with Crippen LogP contribution < -0.4 is 0 Å². The zero-order chi connectivity index (χ0) is 7.56. The first-order valence-corrected chi connectivity index (χ1v) is 4.04. The first kappa shape index (κ1) is 7.47. The van der Waals surface area contributed by atoms with Crippen molar-refractivity contribution in [3.8, 4) is 0 Å². The average Bonchev–Trinajstić information content (AvgIpc) is 1.88. The fraction of sp³-hybridized carbons (Fsp3) is 0.333. The summed E-state index contributed by atoms with van der Waals surface area (Å²) in [6.45, 7) is 0. The van der Waals surface area contributed by atoms with Crippen molar-refractivity contribution < 1.29 is 12.8 Å². The minimum atomic E-state index is -2.53. The summed E-state index contributed by atoms with van der Waals surface area (Å²) in [5.41, 5.74) is 0. The van der Waals surface area contributed by atoms with E-state index < -0.39 is 16.9 Å². The largest absolute Gasteiger partial charge is 0.243 e. The van der Waals surface area contributed by atoms with Gasteiger partial charge in [0.05, 0.1) is 4.91 Å². The number of halogens is 1. The summed E-state index contributed by atoms with van der Waals surface area (Å²) in [5.74, 6) is 0. The molecule has 1 unspecified atom stereocenters. The zero-order valence-electron chi connectivity index (χ0n) is 5.16. The molecule has 10 heavy (non-hydrogen) atoms. The van der Waals surface area contributed by atoms with Gasteiger partial charge in [-0.25, -0.2) is 12.8 Å². The van der Waals surface area contributed by atoms with Gasteiger partial charge in [0.15, 0.2) is 10.7 Å². The van der Waals surface area contributed by atoms with E-state index in [0.717, 1.165) is 0 Å². The maximum Gasteiger partial charge on any atom is 0.167 e. The summed E-state index contributed by atoms with van der Waals surface area (Å²) in [5, 5.41) is 0. The van der Waals surface area contributed by atoms with E-state index in [-0.39, 0.29) is 11.3 Å². The van der Waals surface area contributed by atoms with Gasteiger partial charge in [-0.2, -0.15) is 0 Å². The predicted octanol–water partition coefficient (Wildman–Crippen LogP) is 0.780. The molecule has 0 aromatic carbocycles. The van der Waals surface area contributed by atoms with Crippen molar-refractivity contribution in [1.82, 2.24) is 0 Å². The van der Waals surface area contributed by atoms with Gasteiger partial charge in [-0.05, 0) is 12.2 Å². The highest BCUT2D eigenvalue weighted by molar-refractivity contribution is 7.77. The molecule has 1 atom stereocenters. The van der Waals surface area contributed by atoms with E-state index in [4.69, 9.17) is 0 Å². The SMILES string of the molecule is O=[SH](=O)C1=CCC(F)C=C1. The maximum absolute atomic E-state index is 12.3. The molecule has 0 saturated carbocycles. The highest BCUT2D eigenvalue weighted by Gasteiger charge is 2.06. The molecule has 0 heterocycles. The second kappa shape index (κ2) is 2.96. The molecule has 0 saturated heterocycles. The molecule has 0 fully saturated rings. The number of thiol groups is 1. The van der Waals surface area contributed by atoms with Gasteiger partial charge in [0.1, 0.15) is 6.17 Å². The summed E-state index contributed by atoms with van der Waals surface area (Å²) in [6.07, 6.45) is 3.09. The van der Waals surface area contributed by atoms with Crippen LogP contribution in [-0.2, 0) is 10.7 Å². The van der Waals surface area contributed by atoms with Gasteiger partial charge in [0, 0.05) is 6.42 Å². The van der Waals surface area contributed by atoms with E-state index in [1.807, 2.05) is 0 Å². The maximum atomic E-state index is 12.3. The van der Waals surface area contributed by atoms with E-state index in [9.17, 15) is 12.8 Å². The van der Waals surface area contributed by atoms with Crippen molar-refractivity contribution in [3.63, 3.8) is 0 Å². The molecule has 2 nitrogen and oxygen atoms in total. The van der Waals surface area contributed by atoms with E-state index in [0.29, 0.717) is 0 Å². The van der Waals surface area contributed by atoms with Crippen LogP contribution in [0, 0.1) is 0 Å². The summed E-state index contributed by atoms with van der Waals surface area (Å²) in [7, 11) is -2.53. The second-order valence-electron chi connectivity index (χ2n) is 2.00. The van der Waals surface area contributed by atoms with Crippen LogP contribution in [-0.4, -0.2) is 14.6 Å². The lowest BCUT2D eigenvalue weighted by molar-refractivity contribution is 0.401. The van der Waals surface area contributed by atoms with Crippen LogP contribution in [0.4, 0.5) is 4.39 Å². The van der Waals surface area contributed by atoms with E-state index >= 15 is 0 Å². The number of allylic oxidation sites excluding steroid dienone is 3. The first-order valence-electron chi connectivity index (χ1n) is 2.87. The molecule has 0 bridgehead atoms. The third kappa shape index (κ3) is 1.67. The van der Waals surface area contributed by atoms with Crippen molar-refractivity contribution >= 4 is 10.7 Å². The summed E-state index contributed by atoms with van der Waals surface area (Å²) >= 11 is 0. The molecule has 4 heteroatoms.